The van der Waals surface area contributed by atoms with E-state index in [0.717, 1.165) is 25.8 Å². The molecule has 90 valence electrons. The summed E-state index contributed by atoms with van der Waals surface area (Å²) in [4.78, 5) is 12.2. The summed E-state index contributed by atoms with van der Waals surface area (Å²) in [5, 5.41) is 4.62. The van der Waals surface area contributed by atoms with Crippen molar-refractivity contribution in [2.75, 3.05) is 0 Å². The van der Waals surface area contributed by atoms with E-state index in [0.29, 0.717) is 10.7 Å². The molecule has 0 aliphatic rings. The molecule has 3 nitrogen and oxygen atoms in total. The average molecular weight is 243 g/mol. The van der Waals surface area contributed by atoms with E-state index in [1.54, 1.807) is 10.9 Å². The van der Waals surface area contributed by atoms with Gasteiger partial charge >= 0.3 is 0 Å². The lowest BCUT2D eigenvalue weighted by atomic mass is 9.96. The minimum atomic E-state index is 0.0600. The average Bonchev–Trinajstić information content (AvgIpc) is 2.62. The summed E-state index contributed by atoms with van der Waals surface area (Å²) < 4.78 is 1.73. The Balaban J connectivity index is 3.01. The van der Waals surface area contributed by atoms with Gasteiger partial charge in [-0.3, -0.25) is 9.48 Å². The summed E-state index contributed by atoms with van der Waals surface area (Å²) in [6, 6.07) is 0. The van der Waals surface area contributed by atoms with Gasteiger partial charge in [-0.2, -0.15) is 5.10 Å². The number of Topliss-reactive ketones (excluding diaryl/α,β-unsaturated/α-hetero) is 1. The molecule has 1 aromatic rings. The molecule has 1 aromatic heterocycles. The Labute approximate surface area is 102 Å². The molecule has 0 saturated carbocycles. The molecule has 16 heavy (non-hydrogen) atoms. The number of carbonyl (C=O) groups is 1. The van der Waals surface area contributed by atoms with Crippen molar-refractivity contribution in [2.45, 2.75) is 46.6 Å². The van der Waals surface area contributed by atoms with Gasteiger partial charge in [0, 0.05) is 12.5 Å². The van der Waals surface area contributed by atoms with Crippen molar-refractivity contribution in [2.24, 2.45) is 5.92 Å². The minimum Gasteiger partial charge on any atom is -0.292 e. The molecule has 0 radical (unpaired) electrons. The number of halogens is 1. The highest BCUT2D eigenvalue weighted by molar-refractivity contribution is 6.33. The quantitative estimate of drug-likeness (QED) is 0.715. The summed E-state index contributed by atoms with van der Waals surface area (Å²) in [6.45, 7) is 6.86. The second-order valence-corrected chi connectivity index (χ2v) is 4.35. The van der Waals surface area contributed by atoms with Crippen LogP contribution < -0.4 is 0 Å². The van der Waals surface area contributed by atoms with Crippen LogP contribution in [-0.4, -0.2) is 15.6 Å². The third-order valence-electron chi connectivity index (χ3n) is 2.82. The molecular formula is C12H19ClN2O. The van der Waals surface area contributed by atoms with E-state index < -0.39 is 0 Å². The molecule has 0 fully saturated rings. The normalized spacial score (nSPS) is 11.1. The predicted molar refractivity (Wildman–Crippen MR) is 65.9 cm³/mol. The van der Waals surface area contributed by atoms with Crippen LogP contribution in [0.3, 0.4) is 0 Å². The molecule has 1 heterocycles. The Hall–Kier alpha value is -0.830. The van der Waals surface area contributed by atoms with E-state index in [1.165, 1.54) is 0 Å². The first-order chi connectivity index (χ1) is 7.65. The van der Waals surface area contributed by atoms with Crippen molar-refractivity contribution in [3.05, 3.63) is 16.9 Å². The number of hydrogen-bond donors (Lipinski definition) is 0. The minimum absolute atomic E-state index is 0.0600. The second kappa shape index (κ2) is 6.04. The number of ketones is 1. The molecule has 0 atom stereocenters. The number of hydrogen-bond acceptors (Lipinski definition) is 2. The van der Waals surface area contributed by atoms with Crippen LogP contribution in [0, 0.1) is 5.92 Å². The smallest absolute Gasteiger partial charge is 0.185 e. The Morgan fingerprint density at radius 3 is 2.56 bits per heavy atom. The molecule has 0 N–H and O–H groups in total. The molecule has 0 bridgehead atoms. The maximum absolute atomic E-state index is 12.2. The standard InChI is InChI=1S/C12H19ClN2O/c1-4-7-15-11(10(13)8-14-15)12(16)9(5-2)6-3/h8-9H,4-7H2,1-3H3. The van der Waals surface area contributed by atoms with Crippen LogP contribution in [0.25, 0.3) is 0 Å². The van der Waals surface area contributed by atoms with Gasteiger partial charge in [0.2, 0.25) is 0 Å². The zero-order chi connectivity index (χ0) is 12.1. The Bertz CT molecular complexity index is 356. The van der Waals surface area contributed by atoms with Crippen molar-refractivity contribution < 1.29 is 4.79 Å². The molecule has 0 unspecified atom stereocenters. The number of aromatic nitrogens is 2. The highest BCUT2D eigenvalue weighted by Gasteiger charge is 2.23. The Kier molecular flexibility index (Phi) is 5.00. The predicted octanol–water partition coefficient (Wildman–Crippen LogP) is 3.57. The van der Waals surface area contributed by atoms with E-state index in [2.05, 4.69) is 12.0 Å². The Morgan fingerprint density at radius 2 is 2.06 bits per heavy atom. The first kappa shape index (κ1) is 13.2. The zero-order valence-corrected chi connectivity index (χ0v) is 10.9. The summed E-state index contributed by atoms with van der Waals surface area (Å²) in [6.07, 6.45) is 4.21. The van der Waals surface area contributed by atoms with E-state index >= 15 is 0 Å². The molecule has 0 aromatic carbocycles. The molecule has 4 heteroatoms. The van der Waals surface area contributed by atoms with Crippen LogP contribution in [0.4, 0.5) is 0 Å². The van der Waals surface area contributed by atoms with Crippen LogP contribution >= 0.6 is 11.6 Å². The van der Waals surface area contributed by atoms with Crippen LogP contribution in [0.15, 0.2) is 6.20 Å². The third kappa shape index (κ3) is 2.64. The fraction of sp³-hybridized carbons (Fsp3) is 0.667. The highest BCUT2D eigenvalue weighted by atomic mass is 35.5. The fourth-order valence-corrected chi connectivity index (χ4v) is 2.08. The summed E-state index contributed by atoms with van der Waals surface area (Å²) in [7, 11) is 0. The number of aryl methyl sites for hydroxylation is 1. The van der Waals surface area contributed by atoms with Crippen molar-refractivity contribution >= 4 is 17.4 Å². The highest BCUT2D eigenvalue weighted by Crippen LogP contribution is 2.22. The fourth-order valence-electron chi connectivity index (χ4n) is 1.84. The van der Waals surface area contributed by atoms with Crippen LogP contribution in [-0.2, 0) is 6.54 Å². The summed E-state index contributed by atoms with van der Waals surface area (Å²) in [5.41, 5.74) is 0.581. The van der Waals surface area contributed by atoms with E-state index in [-0.39, 0.29) is 11.7 Å². The third-order valence-corrected chi connectivity index (χ3v) is 3.10. The second-order valence-electron chi connectivity index (χ2n) is 3.94. The van der Waals surface area contributed by atoms with Gasteiger partial charge in [0.1, 0.15) is 5.69 Å². The van der Waals surface area contributed by atoms with Gasteiger partial charge in [-0.25, -0.2) is 0 Å². The maximum Gasteiger partial charge on any atom is 0.185 e. The van der Waals surface area contributed by atoms with Crippen LogP contribution in [0.1, 0.15) is 50.5 Å². The van der Waals surface area contributed by atoms with Crippen molar-refractivity contribution in [1.82, 2.24) is 9.78 Å². The van der Waals surface area contributed by atoms with Gasteiger partial charge in [-0.05, 0) is 19.3 Å². The summed E-state index contributed by atoms with van der Waals surface area (Å²) in [5.74, 6) is 0.186. The van der Waals surface area contributed by atoms with Gasteiger partial charge < -0.3 is 0 Å². The topological polar surface area (TPSA) is 34.9 Å². The van der Waals surface area contributed by atoms with E-state index in [4.69, 9.17) is 11.6 Å². The Morgan fingerprint density at radius 1 is 1.44 bits per heavy atom. The van der Waals surface area contributed by atoms with Gasteiger partial charge in [-0.15, -0.1) is 0 Å². The molecular weight excluding hydrogens is 224 g/mol. The number of rotatable bonds is 6. The molecule has 0 aliphatic heterocycles. The molecule has 0 saturated heterocycles. The monoisotopic (exact) mass is 242 g/mol. The number of carbonyl (C=O) groups excluding carboxylic acids is 1. The van der Waals surface area contributed by atoms with Crippen molar-refractivity contribution in [3.8, 4) is 0 Å². The molecule has 0 aliphatic carbocycles. The first-order valence-electron chi connectivity index (χ1n) is 5.91. The SMILES string of the molecule is CCCn1ncc(Cl)c1C(=O)C(CC)CC. The summed E-state index contributed by atoms with van der Waals surface area (Å²) >= 11 is 6.03. The largest absolute Gasteiger partial charge is 0.292 e. The molecule has 1 rings (SSSR count). The lowest BCUT2D eigenvalue weighted by Gasteiger charge is -2.12. The van der Waals surface area contributed by atoms with Gasteiger partial charge in [0.15, 0.2) is 5.78 Å². The number of nitrogens with zero attached hydrogens (tertiary/aromatic N) is 2. The van der Waals surface area contributed by atoms with Crippen molar-refractivity contribution in [3.63, 3.8) is 0 Å². The van der Waals surface area contributed by atoms with Crippen LogP contribution in [0.2, 0.25) is 5.02 Å². The lowest BCUT2D eigenvalue weighted by molar-refractivity contribution is 0.0902. The zero-order valence-electron chi connectivity index (χ0n) is 10.2. The van der Waals surface area contributed by atoms with E-state index in [9.17, 15) is 4.79 Å². The maximum atomic E-state index is 12.2. The first-order valence-corrected chi connectivity index (χ1v) is 6.28. The van der Waals surface area contributed by atoms with Gasteiger partial charge in [-0.1, -0.05) is 32.4 Å². The van der Waals surface area contributed by atoms with E-state index in [1.807, 2.05) is 13.8 Å². The molecule has 0 amide bonds. The van der Waals surface area contributed by atoms with Gasteiger partial charge in [0.25, 0.3) is 0 Å². The van der Waals surface area contributed by atoms with Crippen LogP contribution in [0.5, 0.6) is 0 Å². The van der Waals surface area contributed by atoms with Gasteiger partial charge in [0.05, 0.1) is 11.2 Å². The van der Waals surface area contributed by atoms with Crippen molar-refractivity contribution in [1.29, 1.82) is 0 Å². The molecule has 0 spiro atoms. The lowest BCUT2D eigenvalue weighted by Crippen LogP contribution is -2.18.